The Hall–Kier alpha value is -1.80. The van der Waals surface area contributed by atoms with E-state index in [-0.39, 0.29) is 30.1 Å². The molecule has 0 spiro atoms. The Morgan fingerprint density at radius 1 is 1.67 bits per heavy atom. The highest BCUT2D eigenvalue weighted by Gasteiger charge is 2.12. The lowest BCUT2D eigenvalue weighted by atomic mass is 10.1. The minimum Gasteiger partial charge on any atom is -0.493 e. The average Bonchev–Trinajstić information content (AvgIpc) is 2.23. The van der Waals surface area contributed by atoms with E-state index in [9.17, 15) is 9.90 Å². The molecular formula is C10H13N3O2. The number of hydrogen-bond donors (Lipinski definition) is 2. The molecule has 0 fully saturated rings. The molecule has 0 radical (unpaired) electrons. The van der Waals surface area contributed by atoms with E-state index >= 15 is 0 Å². The fourth-order valence-electron chi connectivity index (χ4n) is 1.43. The SMILES string of the molecule is CCc1cc(=O)n(CCN)c(O)c1C#N. The van der Waals surface area contributed by atoms with E-state index in [2.05, 4.69) is 0 Å². The second-order valence-electron chi connectivity index (χ2n) is 3.11. The number of pyridine rings is 1. The van der Waals surface area contributed by atoms with Crippen LogP contribution < -0.4 is 11.3 Å². The summed E-state index contributed by atoms with van der Waals surface area (Å²) in [5.74, 6) is -0.285. The van der Waals surface area contributed by atoms with Gasteiger partial charge in [-0.3, -0.25) is 9.36 Å². The van der Waals surface area contributed by atoms with Crippen molar-refractivity contribution in [3.8, 4) is 11.9 Å². The molecule has 0 saturated heterocycles. The first-order valence-electron chi connectivity index (χ1n) is 4.71. The summed E-state index contributed by atoms with van der Waals surface area (Å²) in [6, 6.07) is 3.26. The van der Waals surface area contributed by atoms with Gasteiger partial charge in [-0.1, -0.05) is 6.92 Å². The summed E-state index contributed by atoms with van der Waals surface area (Å²) < 4.78 is 1.11. The van der Waals surface area contributed by atoms with Crippen molar-refractivity contribution in [3.05, 3.63) is 27.5 Å². The summed E-state index contributed by atoms with van der Waals surface area (Å²) in [5.41, 5.74) is 5.70. The van der Waals surface area contributed by atoms with Gasteiger partial charge in [-0.15, -0.1) is 0 Å². The molecule has 3 N–H and O–H groups in total. The Balaban J connectivity index is 3.46. The minimum atomic E-state index is -0.325. The van der Waals surface area contributed by atoms with Crippen molar-refractivity contribution in [1.29, 1.82) is 5.26 Å². The second-order valence-corrected chi connectivity index (χ2v) is 3.11. The van der Waals surface area contributed by atoms with Crippen LogP contribution in [0.25, 0.3) is 0 Å². The number of nitrogens with two attached hydrogens (primary N) is 1. The van der Waals surface area contributed by atoms with Gasteiger partial charge in [0.2, 0.25) is 5.88 Å². The van der Waals surface area contributed by atoms with Crippen LogP contribution in [0.1, 0.15) is 18.1 Å². The van der Waals surface area contributed by atoms with E-state index in [1.807, 2.05) is 13.0 Å². The summed E-state index contributed by atoms with van der Waals surface area (Å²) in [7, 11) is 0. The van der Waals surface area contributed by atoms with Gasteiger partial charge in [0.1, 0.15) is 11.6 Å². The molecule has 80 valence electrons. The lowest BCUT2D eigenvalue weighted by molar-refractivity contribution is 0.405. The highest BCUT2D eigenvalue weighted by atomic mass is 16.3. The molecule has 1 aromatic rings. The van der Waals surface area contributed by atoms with Crippen LogP contribution in [0, 0.1) is 11.3 Å². The van der Waals surface area contributed by atoms with Crippen molar-refractivity contribution in [2.75, 3.05) is 6.54 Å². The first-order chi connectivity index (χ1) is 7.15. The number of rotatable bonds is 3. The van der Waals surface area contributed by atoms with Crippen molar-refractivity contribution < 1.29 is 5.11 Å². The third-order valence-corrected chi connectivity index (χ3v) is 2.21. The molecule has 0 amide bonds. The standard InChI is InChI=1S/C10H13N3O2/c1-2-7-5-9(14)13(4-3-11)10(15)8(7)6-12/h5,15H,2-4,11H2,1H3. The maximum Gasteiger partial charge on any atom is 0.253 e. The summed E-state index contributed by atoms with van der Waals surface area (Å²) in [5, 5.41) is 18.6. The van der Waals surface area contributed by atoms with Crippen LogP contribution in [0.15, 0.2) is 10.9 Å². The molecule has 0 atom stereocenters. The van der Waals surface area contributed by atoms with E-state index in [0.717, 1.165) is 4.57 Å². The smallest absolute Gasteiger partial charge is 0.253 e. The molecule has 0 aliphatic carbocycles. The van der Waals surface area contributed by atoms with E-state index in [1.165, 1.54) is 6.07 Å². The van der Waals surface area contributed by atoms with Gasteiger partial charge in [-0.05, 0) is 12.0 Å². The topological polar surface area (TPSA) is 92.0 Å². The van der Waals surface area contributed by atoms with Gasteiger partial charge in [-0.25, -0.2) is 0 Å². The van der Waals surface area contributed by atoms with Gasteiger partial charge >= 0.3 is 0 Å². The van der Waals surface area contributed by atoms with Gasteiger partial charge in [0.05, 0.1) is 0 Å². The van der Waals surface area contributed by atoms with E-state index in [4.69, 9.17) is 11.0 Å². The Kier molecular flexibility index (Phi) is 3.47. The van der Waals surface area contributed by atoms with Crippen LogP contribution in [-0.2, 0) is 13.0 Å². The van der Waals surface area contributed by atoms with Crippen LogP contribution in [-0.4, -0.2) is 16.2 Å². The molecule has 0 bridgehead atoms. The van der Waals surface area contributed by atoms with Crippen LogP contribution in [0.2, 0.25) is 0 Å². The summed E-state index contributed by atoms with van der Waals surface area (Å²) in [6.45, 7) is 2.27. The Morgan fingerprint density at radius 3 is 2.80 bits per heavy atom. The average molecular weight is 207 g/mol. The number of hydrogen-bond acceptors (Lipinski definition) is 4. The first kappa shape index (κ1) is 11.3. The second kappa shape index (κ2) is 4.62. The van der Waals surface area contributed by atoms with Gasteiger partial charge < -0.3 is 10.8 Å². The Morgan fingerprint density at radius 2 is 2.33 bits per heavy atom. The number of nitrogens with zero attached hydrogens (tertiary/aromatic N) is 2. The molecule has 1 rings (SSSR count). The van der Waals surface area contributed by atoms with Crippen molar-refractivity contribution in [1.82, 2.24) is 4.57 Å². The van der Waals surface area contributed by atoms with Gasteiger partial charge in [-0.2, -0.15) is 5.26 Å². The summed E-state index contributed by atoms with van der Waals surface area (Å²) in [6.07, 6.45) is 0.537. The normalized spacial score (nSPS) is 9.93. The zero-order valence-electron chi connectivity index (χ0n) is 8.53. The molecule has 0 unspecified atom stereocenters. The van der Waals surface area contributed by atoms with Crippen LogP contribution in [0.5, 0.6) is 5.88 Å². The lowest BCUT2D eigenvalue weighted by Gasteiger charge is -2.10. The van der Waals surface area contributed by atoms with Gasteiger partial charge in [0.25, 0.3) is 5.56 Å². The van der Waals surface area contributed by atoms with E-state index in [1.54, 1.807) is 0 Å². The van der Waals surface area contributed by atoms with Gasteiger partial charge in [0.15, 0.2) is 0 Å². The highest BCUT2D eigenvalue weighted by molar-refractivity contribution is 5.44. The zero-order valence-corrected chi connectivity index (χ0v) is 8.53. The largest absolute Gasteiger partial charge is 0.493 e. The predicted octanol–water partition coefficient (Wildman–Crippen LogP) is -0.0533. The molecule has 1 heterocycles. The van der Waals surface area contributed by atoms with E-state index in [0.29, 0.717) is 12.0 Å². The molecule has 0 aliphatic heterocycles. The third-order valence-electron chi connectivity index (χ3n) is 2.21. The molecule has 5 heteroatoms. The van der Waals surface area contributed by atoms with E-state index < -0.39 is 0 Å². The van der Waals surface area contributed by atoms with Crippen molar-refractivity contribution in [2.45, 2.75) is 19.9 Å². The molecular weight excluding hydrogens is 194 g/mol. The fraction of sp³-hybridized carbons (Fsp3) is 0.400. The molecule has 0 aromatic carbocycles. The molecule has 1 aromatic heterocycles. The minimum absolute atomic E-state index is 0.158. The lowest BCUT2D eigenvalue weighted by Crippen LogP contribution is -2.24. The number of aromatic nitrogens is 1. The molecule has 15 heavy (non-hydrogen) atoms. The summed E-state index contributed by atoms with van der Waals surface area (Å²) in [4.78, 5) is 11.5. The van der Waals surface area contributed by atoms with Crippen molar-refractivity contribution >= 4 is 0 Å². The maximum absolute atomic E-state index is 11.5. The monoisotopic (exact) mass is 207 g/mol. The highest BCUT2D eigenvalue weighted by Crippen LogP contribution is 2.18. The number of aryl methyl sites for hydroxylation is 1. The zero-order chi connectivity index (χ0) is 11.4. The predicted molar refractivity (Wildman–Crippen MR) is 55.5 cm³/mol. The Labute approximate surface area is 87.4 Å². The van der Waals surface area contributed by atoms with Crippen molar-refractivity contribution in [2.24, 2.45) is 5.73 Å². The third kappa shape index (κ3) is 2.00. The Bertz CT molecular complexity index is 457. The quantitative estimate of drug-likeness (QED) is 0.726. The molecule has 0 aliphatic rings. The summed E-state index contributed by atoms with van der Waals surface area (Å²) >= 11 is 0. The van der Waals surface area contributed by atoms with Crippen LogP contribution >= 0.6 is 0 Å². The molecule has 5 nitrogen and oxygen atoms in total. The molecule has 0 saturated carbocycles. The van der Waals surface area contributed by atoms with Gasteiger partial charge in [0, 0.05) is 19.2 Å². The number of nitriles is 1. The van der Waals surface area contributed by atoms with Crippen LogP contribution in [0.4, 0.5) is 0 Å². The number of aromatic hydroxyl groups is 1. The van der Waals surface area contributed by atoms with Crippen molar-refractivity contribution in [3.63, 3.8) is 0 Å². The maximum atomic E-state index is 11.5. The van der Waals surface area contributed by atoms with Crippen LogP contribution in [0.3, 0.4) is 0 Å². The fourth-order valence-corrected chi connectivity index (χ4v) is 1.43. The first-order valence-corrected chi connectivity index (χ1v) is 4.71.